The van der Waals surface area contributed by atoms with Crippen LogP contribution in [0.5, 0.6) is 23.0 Å². The second-order valence-electron chi connectivity index (χ2n) is 19.4. The highest BCUT2D eigenvalue weighted by Crippen LogP contribution is 2.70. The van der Waals surface area contributed by atoms with Crippen LogP contribution in [-0.4, -0.2) is 0 Å². The van der Waals surface area contributed by atoms with Gasteiger partial charge in [0, 0.05) is 16.8 Å². The van der Waals surface area contributed by atoms with Crippen LogP contribution in [0.25, 0.3) is 0 Å². The van der Waals surface area contributed by atoms with Crippen molar-refractivity contribution in [1.82, 2.24) is 0 Å². The standard InChI is InChI=1S/C51H66N2O2/c1-34(2)7-6-8-35(3)46-27-28-47-45-26-13-38-33-51(32-31-49(38,4)48(45)29-30-50(46,47)5,36-9-18-41(19-10-36)54-43-22-14-39(52)15-23-43)37-11-20-42(21-12-37)55-44-24-16-40(53)17-25-44/h9-12,14-25,34-35,38,45-48H,6-8,13,26-33,52-53H2,1-5H3. The Hall–Kier alpha value is -3.92. The summed E-state index contributed by atoms with van der Waals surface area (Å²) in [5.41, 5.74) is 17.0. The topological polar surface area (TPSA) is 70.5 Å². The Morgan fingerprint density at radius 3 is 1.60 bits per heavy atom. The molecule has 4 nitrogen and oxygen atoms in total. The average Bonchev–Trinajstić information content (AvgIpc) is 3.54. The van der Waals surface area contributed by atoms with Crippen molar-refractivity contribution in [2.75, 3.05) is 11.5 Å². The monoisotopic (exact) mass is 739 g/mol. The molecule has 0 spiro atoms. The maximum absolute atomic E-state index is 6.27. The SMILES string of the molecule is CC(C)CCCC(C)C1CCC2C3CCC4CC(c5ccc(Oc6ccc(N)cc6)cc5)(c5ccc(Oc6ccc(N)cc6)cc5)CCC4(C)C3CCC12C. The Morgan fingerprint density at radius 1 is 0.564 bits per heavy atom. The van der Waals surface area contributed by atoms with Gasteiger partial charge in [0.1, 0.15) is 23.0 Å². The molecular formula is C51H66N2O2. The van der Waals surface area contributed by atoms with E-state index < -0.39 is 0 Å². The third-order valence-corrected chi connectivity index (χ3v) is 16.0. The van der Waals surface area contributed by atoms with Crippen LogP contribution in [0.4, 0.5) is 11.4 Å². The number of rotatable bonds is 11. The quantitative estimate of drug-likeness (QED) is 0.150. The Kier molecular flexibility index (Phi) is 10.5. The van der Waals surface area contributed by atoms with Crippen molar-refractivity contribution in [3.63, 3.8) is 0 Å². The van der Waals surface area contributed by atoms with E-state index in [9.17, 15) is 0 Å². The number of hydrogen-bond donors (Lipinski definition) is 2. The largest absolute Gasteiger partial charge is 0.457 e. The number of ether oxygens (including phenoxy) is 2. The van der Waals surface area contributed by atoms with E-state index in [4.69, 9.17) is 20.9 Å². The molecule has 0 amide bonds. The summed E-state index contributed by atoms with van der Waals surface area (Å²) in [7, 11) is 0. The van der Waals surface area contributed by atoms with Gasteiger partial charge in [0.25, 0.3) is 0 Å². The number of fused-ring (bicyclic) bond motifs is 5. The molecule has 4 aromatic rings. The van der Waals surface area contributed by atoms with Crippen LogP contribution in [-0.2, 0) is 5.41 Å². The van der Waals surface area contributed by atoms with E-state index in [0.29, 0.717) is 16.7 Å². The van der Waals surface area contributed by atoms with E-state index in [-0.39, 0.29) is 5.41 Å². The molecule has 8 rings (SSSR count). The van der Waals surface area contributed by atoms with Gasteiger partial charge >= 0.3 is 0 Å². The second-order valence-corrected chi connectivity index (χ2v) is 19.4. The van der Waals surface area contributed by atoms with E-state index in [1.807, 2.05) is 48.5 Å². The molecule has 8 unspecified atom stereocenters. The number of hydrogen-bond acceptors (Lipinski definition) is 4. The molecule has 4 aliphatic rings. The van der Waals surface area contributed by atoms with Gasteiger partial charge in [-0.3, -0.25) is 0 Å². The molecule has 4 fully saturated rings. The first-order valence-corrected chi connectivity index (χ1v) is 21.7. The van der Waals surface area contributed by atoms with Crippen LogP contribution in [0.2, 0.25) is 0 Å². The molecule has 292 valence electrons. The van der Waals surface area contributed by atoms with Crippen LogP contribution in [0, 0.1) is 52.3 Å². The lowest BCUT2D eigenvalue weighted by Gasteiger charge is -2.63. The molecule has 55 heavy (non-hydrogen) atoms. The molecule has 4 N–H and O–H groups in total. The number of nitrogen functional groups attached to an aromatic ring is 2. The Bertz CT molecular complexity index is 1790. The van der Waals surface area contributed by atoms with Crippen LogP contribution in [0.3, 0.4) is 0 Å². The molecular weight excluding hydrogens is 673 g/mol. The van der Waals surface area contributed by atoms with Crippen molar-refractivity contribution < 1.29 is 9.47 Å². The van der Waals surface area contributed by atoms with Crippen LogP contribution >= 0.6 is 0 Å². The van der Waals surface area contributed by atoms with E-state index in [1.54, 1.807) is 0 Å². The first-order valence-electron chi connectivity index (χ1n) is 21.7. The zero-order chi connectivity index (χ0) is 38.4. The van der Waals surface area contributed by atoms with Crippen LogP contribution in [0.15, 0.2) is 97.1 Å². The van der Waals surface area contributed by atoms with Crippen LogP contribution < -0.4 is 20.9 Å². The van der Waals surface area contributed by atoms with Gasteiger partial charge in [-0.25, -0.2) is 0 Å². The minimum Gasteiger partial charge on any atom is -0.457 e. The summed E-state index contributed by atoms with van der Waals surface area (Å²) in [6, 6.07) is 33.3. The summed E-state index contributed by atoms with van der Waals surface area (Å²) in [6.45, 7) is 12.8. The van der Waals surface area contributed by atoms with E-state index in [1.165, 1.54) is 81.8 Å². The Balaban J connectivity index is 1.05. The van der Waals surface area contributed by atoms with E-state index in [0.717, 1.165) is 76.3 Å². The second kappa shape index (κ2) is 15.2. The highest BCUT2D eigenvalue weighted by Gasteiger charge is 2.62. The summed E-state index contributed by atoms with van der Waals surface area (Å²) in [6.07, 6.45) is 16.4. The predicted molar refractivity (Wildman–Crippen MR) is 229 cm³/mol. The lowest BCUT2D eigenvalue weighted by atomic mass is 9.42. The maximum Gasteiger partial charge on any atom is 0.127 e. The van der Waals surface area contributed by atoms with Crippen molar-refractivity contribution in [2.45, 2.75) is 117 Å². The Labute approximate surface area is 331 Å². The first-order chi connectivity index (χ1) is 26.5. The van der Waals surface area contributed by atoms with Crippen molar-refractivity contribution in [1.29, 1.82) is 0 Å². The summed E-state index contributed by atoms with van der Waals surface area (Å²) < 4.78 is 12.5. The van der Waals surface area contributed by atoms with E-state index >= 15 is 0 Å². The fraction of sp³-hybridized carbons (Fsp3) is 0.529. The summed E-state index contributed by atoms with van der Waals surface area (Å²) in [5, 5.41) is 0. The Morgan fingerprint density at radius 2 is 1.07 bits per heavy atom. The molecule has 0 aliphatic heterocycles. The van der Waals surface area contributed by atoms with Gasteiger partial charge in [0.05, 0.1) is 0 Å². The fourth-order valence-corrected chi connectivity index (χ4v) is 13.0. The predicted octanol–water partition coefficient (Wildman–Crippen LogP) is 13.8. The summed E-state index contributed by atoms with van der Waals surface area (Å²) in [5.74, 6) is 9.27. The van der Waals surface area contributed by atoms with Gasteiger partial charge in [-0.15, -0.1) is 0 Å². The molecule has 0 radical (unpaired) electrons. The van der Waals surface area contributed by atoms with Crippen LogP contribution in [0.1, 0.15) is 123 Å². The minimum atomic E-state index is -0.0659. The zero-order valence-electron chi connectivity index (χ0n) is 34.2. The third-order valence-electron chi connectivity index (χ3n) is 16.0. The number of nitrogens with two attached hydrogens (primary N) is 2. The zero-order valence-corrected chi connectivity index (χ0v) is 34.2. The van der Waals surface area contributed by atoms with Gasteiger partial charge in [-0.1, -0.05) is 78.1 Å². The number of benzene rings is 4. The highest BCUT2D eigenvalue weighted by atomic mass is 16.5. The summed E-state index contributed by atoms with van der Waals surface area (Å²) >= 11 is 0. The molecule has 4 saturated carbocycles. The van der Waals surface area contributed by atoms with Crippen molar-refractivity contribution in [3.8, 4) is 23.0 Å². The van der Waals surface area contributed by atoms with Gasteiger partial charge in [-0.2, -0.15) is 0 Å². The van der Waals surface area contributed by atoms with Crippen molar-refractivity contribution >= 4 is 11.4 Å². The lowest BCUT2D eigenvalue weighted by Crippen LogP contribution is -2.55. The van der Waals surface area contributed by atoms with Gasteiger partial charge < -0.3 is 20.9 Å². The third kappa shape index (κ3) is 7.28. The normalized spacial score (nSPS) is 30.2. The minimum absolute atomic E-state index is 0.0659. The summed E-state index contributed by atoms with van der Waals surface area (Å²) in [4.78, 5) is 0. The van der Waals surface area contributed by atoms with Gasteiger partial charge in [0.2, 0.25) is 0 Å². The van der Waals surface area contributed by atoms with Crippen molar-refractivity contribution in [2.24, 2.45) is 52.3 Å². The molecule has 4 heteroatoms. The fourth-order valence-electron chi connectivity index (χ4n) is 13.0. The lowest BCUT2D eigenvalue weighted by molar-refractivity contribution is -0.122. The molecule has 0 saturated heterocycles. The molecule has 0 aromatic heterocycles. The van der Waals surface area contributed by atoms with E-state index in [2.05, 4.69) is 83.1 Å². The molecule has 4 aliphatic carbocycles. The average molecular weight is 739 g/mol. The molecule has 0 bridgehead atoms. The molecule has 0 heterocycles. The van der Waals surface area contributed by atoms with Gasteiger partial charge in [0.15, 0.2) is 0 Å². The molecule has 8 atom stereocenters. The first kappa shape index (κ1) is 38.0. The smallest absolute Gasteiger partial charge is 0.127 e. The molecule has 4 aromatic carbocycles. The maximum atomic E-state index is 6.27. The van der Waals surface area contributed by atoms with Gasteiger partial charge in [-0.05, 0) is 194 Å². The van der Waals surface area contributed by atoms with Crippen molar-refractivity contribution in [3.05, 3.63) is 108 Å². The highest BCUT2D eigenvalue weighted by molar-refractivity contribution is 5.48. The number of anilines is 2.